The van der Waals surface area contributed by atoms with Crippen molar-refractivity contribution in [3.8, 4) is 5.88 Å². The van der Waals surface area contributed by atoms with Crippen LogP contribution in [0.2, 0.25) is 0 Å². The molecule has 1 fully saturated rings. The highest BCUT2D eigenvalue weighted by Crippen LogP contribution is 2.26. The van der Waals surface area contributed by atoms with Crippen LogP contribution < -0.4 is 15.4 Å². The number of ether oxygens (including phenoxy) is 1. The number of amides is 3. The number of aromatic nitrogens is 1. The van der Waals surface area contributed by atoms with Gasteiger partial charge in [0.2, 0.25) is 11.8 Å². The minimum atomic E-state index is -0.310. The Bertz CT molecular complexity index is 734. The van der Waals surface area contributed by atoms with E-state index in [4.69, 9.17) is 4.74 Å². The molecule has 0 aliphatic carbocycles. The normalized spacial score (nSPS) is 17.4. The Labute approximate surface area is 146 Å². The zero-order valence-corrected chi connectivity index (χ0v) is 13.9. The van der Waals surface area contributed by atoms with Crippen LogP contribution in [0.5, 0.6) is 5.88 Å². The molecule has 7 nitrogen and oxygen atoms in total. The molecule has 1 aromatic heterocycles. The minimum absolute atomic E-state index is 0.0599. The van der Waals surface area contributed by atoms with E-state index in [9.17, 15) is 9.59 Å². The molecule has 3 amide bonds. The molecule has 0 radical (unpaired) electrons. The number of benzene rings is 1. The highest BCUT2D eigenvalue weighted by Gasteiger charge is 2.29. The van der Waals surface area contributed by atoms with E-state index in [0.717, 1.165) is 5.56 Å². The second-order valence-corrected chi connectivity index (χ2v) is 5.69. The lowest BCUT2D eigenvalue weighted by Gasteiger charge is -2.29. The molecule has 7 heteroatoms. The van der Waals surface area contributed by atoms with Gasteiger partial charge in [-0.15, -0.1) is 0 Å². The highest BCUT2D eigenvalue weighted by molar-refractivity contribution is 5.90. The summed E-state index contributed by atoms with van der Waals surface area (Å²) in [5, 5.41) is 5.65. The molecule has 1 aromatic carbocycles. The van der Waals surface area contributed by atoms with Crippen LogP contribution in [-0.2, 0) is 4.79 Å². The number of urea groups is 1. The quantitative estimate of drug-likeness (QED) is 0.897. The number of anilines is 1. The summed E-state index contributed by atoms with van der Waals surface area (Å²) in [6.07, 6.45) is 1.77. The van der Waals surface area contributed by atoms with Crippen molar-refractivity contribution in [3.63, 3.8) is 0 Å². The number of hydrogen-bond acceptors (Lipinski definition) is 4. The molecule has 1 aliphatic rings. The maximum Gasteiger partial charge on any atom is 0.322 e. The predicted molar refractivity (Wildman–Crippen MR) is 93.3 cm³/mol. The van der Waals surface area contributed by atoms with E-state index in [0.29, 0.717) is 24.7 Å². The van der Waals surface area contributed by atoms with Gasteiger partial charge in [-0.25, -0.2) is 9.78 Å². The number of carbonyl (C=O) groups excluding carboxylic acids is 2. The van der Waals surface area contributed by atoms with Crippen LogP contribution >= 0.6 is 0 Å². The highest BCUT2D eigenvalue weighted by atomic mass is 16.5. The Hall–Kier alpha value is -3.09. The molecule has 1 aliphatic heterocycles. The standard InChI is InChI=1S/C18H20N4O3/c1-25-17-8-7-14(12-20-17)21-18(24)22-10-9-19-16(23)11-15(22)13-5-3-2-4-6-13/h2-8,12,15H,9-11H2,1H3,(H,19,23)(H,21,24)/t15-/m0/s1. The fraction of sp³-hybridized carbons (Fsp3) is 0.278. The van der Waals surface area contributed by atoms with Gasteiger partial charge in [-0.1, -0.05) is 30.3 Å². The third kappa shape index (κ3) is 4.06. The summed E-state index contributed by atoms with van der Waals surface area (Å²) in [7, 11) is 1.53. The summed E-state index contributed by atoms with van der Waals surface area (Å²) in [5.74, 6) is 0.417. The Balaban J connectivity index is 1.80. The van der Waals surface area contributed by atoms with E-state index in [1.807, 2.05) is 30.3 Å². The van der Waals surface area contributed by atoms with Crippen LogP contribution in [0.1, 0.15) is 18.0 Å². The van der Waals surface area contributed by atoms with Crippen LogP contribution in [-0.4, -0.2) is 42.0 Å². The first-order valence-electron chi connectivity index (χ1n) is 8.06. The molecule has 0 saturated carbocycles. The van der Waals surface area contributed by atoms with Crippen molar-refractivity contribution in [2.24, 2.45) is 0 Å². The monoisotopic (exact) mass is 340 g/mol. The topological polar surface area (TPSA) is 83.6 Å². The number of hydrogen-bond donors (Lipinski definition) is 2. The fourth-order valence-electron chi connectivity index (χ4n) is 2.82. The van der Waals surface area contributed by atoms with Gasteiger partial charge in [0.25, 0.3) is 0 Å². The van der Waals surface area contributed by atoms with Crippen LogP contribution in [0.15, 0.2) is 48.7 Å². The summed E-state index contributed by atoms with van der Waals surface area (Å²) >= 11 is 0. The molecule has 2 aromatic rings. The lowest BCUT2D eigenvalue weighted by molar-refractivity contribution is -0.121. The SMILES string of the molecule is COc1ccc(NC(=O)N2CCNC(=O)C[C@H]2c2ccccc2)cn1. The number of rotatable bonds is 3. The average Bonchev–Trinajstić information content (AvgIpc) is 2.84. The van der Waals surface area contributed by atoms with Crippen molar-refractivity contribution in [2.75, 3.05) is 25.5 Å². The van der Waals surface area contributed by atoms with E-state index in [1.54, 1.807) is 17.0 Å². The largest absolute Gasteiger partial charge is 0.481 e. The Kier molecular flexibility index (Phi) is 5.13. The van der Waals surface area contributed by atoms with Gasteiger partial charge in [0.05, 0.1) is 31.5 Å². The first-order chi connectivity index (χ1) is 12.2. The van der Waals surface area contributed by atoms with Gasteiger partial charge in [-0.05, 0) is 11.6 Å². The van der Waals surface area contributed by atoms with Crippen molar-refractivity contribution in [1.29, 1.82) is 0 Å². The molecule has 0 spiro atoms. The fourth-order valence-corrected chi connectivity index (χ4v) is 2.82. The van der Waals surface area contributed by atoms with Crippen molar-refractivity contribution in [2.45, 2.75) is 12.5 Å². The molecule has 1 saturated heterocycles. The van der Waals surface area contributed by atoms with Gasteiger partial charge >= 0.3 is 6.03 Å². The van der Waals surface area contributed by atoms with E-state index in [2.05, 4.69) is 15.6 Å². The molecule has 3 rings (SSSR count). The summed E-state index contributed by atoms with van der Waals surface area (Å²) in [5.41, 5.74) is 1.50. The van der Waals surface area contributed by atoms with Crippen LogP contribution in [0, 0.1) is 0 Å². The number of pyridine rings is 1. The van der Waals surface area contributed by atoms with Crippen molar-refractivity contribution >= 4 is 17.6 Å². The zero-order valence-electron chi connectivity index (χ0n) is 13.9. The zero-order chi connectivity index (χ0) is 17.6. The summed E-state index contributed by atoms with van der Waals surface area (Å²) in [6.45, 7) is 0.858. The minimum Gasteiger partial charge on any atom is -0.481 e. The second-order valence-electron chi connectivity index (χ2n) is 5.69. The summed E-state index contributed by atoms with van der Waals surface area (Å²) in [6, 6.07) is 12.4. The molecule has 0 unspecified atom stereocenters. The van der Waals surface area contributed by atoms with E-state index >= 15 is 0 Å². The van der Waals surface area contributed by atoms with Crippen molar-refractivity contribution < 1.29 is 14.3 Å². The Morgan fingerprint density at radius 3 is 2.76 bits per heavy atom. The Morgan fingerprint density at radius 1 is 1.28 bits per heavy atom. The lowest BCUT2D eigenvalue weighted by Crippen LogP contribution is -2.39. The number of methoxy groups -OCH3 is 1. The third-order valence-corrected chi connectivity index (χ3v) is 4.07. The van der Waals surface area contributed by atoms with E-state index < -0.39 is 0 Å². The number of nitrogens with zero attached hydrogens (tertiary/aromatic N) is 2. The van der Waals surface area contributed by atoms with Crippen LogP contribution in [0.3, 0.4) is 0 Å². The molecular formula is C18H20N4O3. The average molecular weight is 340 g/mol. The van der Waals surface area contributed by atoms with Gasteiger partial charge in [-0.3, -0.25) is 4.79 Å². The maximum absolute atomic E-state index is 12.8. The molecule has 2 N–H and O–H groups in total. The van der Waals surface area contributed by atoms with E-state index in [1.165, 1.54) is 13.3 Å². The number of nitrogens with one attached hydrogen (secondary N) is 2. The summed E-state index contributed by atoms with van der Waals surface area (Å²) < 4.78 is 5.01. The van der Waals surface area contributed by atoms with Crippen molar-refractivity contribution in [3.05, 3.63) is 54.2 Å². The molecular weight excluding hydrogens is 320 g/mol. The van der Waals surface area contributed by atoms with Crippen LogP contribution in [0.25, 0.3) is 0 Å². The van der Waals surface area contributed by atoms with Gasteiger partial charge < -0.3 is 20.3 Å². The Morgan fingerprint density at radius 2 is 2.08 bits per heavy atom. The lowest BCUT2D eigenvalue weighted by atomic mass is 10.0. The smallest absolute Gasteiger partial charge is 0.322 e. The van der Waals surface area contributed by atoms with Gasteiger partial charge in [-0.2, -0.15) is 0 Å². The molecule has 2 heterocycles. The first kappa shape index (κ1) is 16.8. The predicted octanol–water partition coefficient (Wildman–Crippen LogP) is 2.19. The van der Waals surface area contributed by atoms with Gasteiger partial charge in [0.15, 0.2) is 0 Å². The van der Waals surface area contributed by atoms with Gasteiger partial charge in [0, 0.05) is 19.2 Å². The molecule has 1 atom stereocenters. The number of carbonyl (C=O) groups is 2. The molecule has 0 bridgehead atoms. The summed E-state index contributed by atoms with van der Waals surface area (Å²) in [4.78, 5) is 30.5. The molecule has 130 valence electrons. The molecule has 25 heavy (non-hydrogen) atoms. The first-order valence-corrected chi connectivity index (χ1v) is 8.06. The third-order valence-electron chi connectivity index (χ3n) is 4.07. The second kappa shape index (κ2) is 7.65. The maximum atomic E-state index is 12.8. The van der Waals surface area contributed by atoms with Gasteiger partial charge in [0.1, 0.15) is 0 Å². The van der Waals surface area contributed by atoms with Crippen LogP contribution in [0.4, 0.5) is 10.5 Å². The van der Waals surface area contributed by atoms with Crippen molar-refractivity contribution in [1.82, 2.24) is 15.2 Å². The van der Waals surface area contributed by atoms with E-state index in [-0.39, 0.29) is 24.4 Å².